The minimum atomic E-state index is -4.47. The number of ether oxygens (including phenoxy) is 1. The Kier molecular flexibility index (Phi) is 8.89. The molecule has 3 N–H and O–H groups in total. The topological polar surface area (TPSA) is 95.9 Å². The number of aliphatic hydroxyl groups excluding tert-OH is 1. The molecule has 192 valence electrons. The molecule has 2 aromatic rings. The molecule has 0 saturated carbocycles. The van der Waals surface area contributed by atoms with Gasteiger partial charge in [-0.15, -0.1) is 0 Å². The van der Waals surface area contributed by atoms with Gasteiger partial charge in [-0.05, 0) is 69.0 Å². The van der Waals surface area contributed by atoms with Gasteiger partial charge < -0.3 is 20.3 Å². The quantitative estimate of drug-likeness (QED) is 0.417. The molecule has 1 amide bonds. The van der Waals surface area contributed by atoms with Crippen molar-refractivity contribution in [2.24, 2.45) is 0 Å². The number of rotatable bonds is 9. The SMILES string of the molecule is CC(C)(C)OC(=O)N[C@@](Cc1ccc(F)cc1)(C[C@H](O)CCc1ccc(C(F)(F)F)cc1)C(=O)O. The van der Waals surface area contributed by atoms with E-state index in [0.717, 1.165) is 24.3 Å². The van der Waals surface area contributed by atoms with Gasteiger partial charge in [0.1, 0.15) is 17.0 Å². The number of hydrogen-bond donors (Lipinski definition) is 3. The first-order valence-corrected chi connectivity index (χ1v) is 10.9. The second-order valence-corrected chi connectivity index (χ2v) is 9.41. The summed E-state index contributed by atoms with van der Waals surface area (Å²) in [7, 11) is 0. The van der Waals surface area contributed by atoms with Crippen molar-refractivity contribution in [2.45, 2.75) is 69.9 Å². The van der Waals surface area contributed by atoms with Gasteiger partial charge in [-0.2, -0.15) is 13.2 Å². The molecular weight excluding hydrogens is 470 g/mol. The highest BCUT2D eigenvalue weighted by molar-refractivity contribution is 5.85. The summed E-state index contributed by atoms with van der Waals surface area (Å²) in [6.07, 6.45) is -7.18. The maximum atomic E-state index is 13.3. The van der Waals surface area contributed by atoms with E-state index in [9.17, 15) is 37.4 Å². The number of aryl methyl sites for hydroxylation is 1. The van der Waals surface area contributed by atoms with Crippen LogP contribution in [0.3, 0.4) is 0 Å². The Morgan fingerprint density at radius 3 is 2.00 bits per heavy atom. The van der Waals surface area contributed by atoms with Crippen LogP contribution >= 0.6 is 0 Å². The van der Waals surface area contributed by atoms with E-state index in [2.05, 4.69) is 5.32 Å². The molecule has 0 unspecified atom stereocenters. The van der Waals surface area contributed by atoms with Gasteiger partial charge in [0.15, 0.2) is 0 Å². The Morgan fingerprint density at radius 2 is 1.51 bits per heavy atom. The number of carboxylic acid groups (broad SMARTS) is 1. The molecule has 0 aliphatic rings. The van der Waals surface area contributed by atoms with Crippen molar-refractivity contribution in [3.05, 3.63) is 71.0 Å². The van der Waals surface area contributed by atoms with Crippen molar-refractivity contribution in [2.75, 3.05) is 0 Å². The number of nitrogens with one attached hydrogen (secondary N) is 1. The van der Waals surface area contributed by atoms with Crippen molar-refractivity contribution in [3.8, 4) is 0 Å². The monoisotopic (exact) mass is 499 g/mol. The van der Waals surface area contributed by atoms with Gasteiger partial charge in [-0.3, -0.25) is 0 Å². The molecule has 2 atom stereocenters. The Bertz CT molecular complexity index is 1000. The third-order valence-electron chi connectivity index (χ3n) is 5.20. The van der Waals surface area contributed by atoms with Gasteiger partial charge in [0.2, 0.25) is 0 Å². The molecule has 0 spiro atoms. The summed E-state index contributed by atoms with van der Waals surface area (Å²) in [6.45, 7) is 4.82. The summed E-state index contributed by atoms with van der Waals surface area (Å²) in [6, 6.07) is 9.49. The largest absolute Gasteiger partial charge is 0.479 e. The Balaban J connectivity index is 2.21. The second-order valence-electron chi connectivity index (χ2n) is 9.41. The van der Waals surface area contributed by atoms with E-state index in [4.69, 9.17) is 4.74 Å². The van der Waals surface area contributed by atoms with E-state index >= 15 is 0 Å². The average molecular weight is 500 g/mol. The van der Waals surface area contributed by atoms with E-state index in [1.165, 1.54) is 24.3 Å². The first-order chi connectivity index (χ1) is 16.1. The molecule has 10 heteroatoms. The van der Waals surface area contributed by atoms with Crippen LogP contribution in [0.1, 0.15) is 50.3 Å². The molecule has 0 aliphatic carbocycles. The number of amides is 1. The van der Waals surface area contributed by atoms with Crippen molar-refractivity contribution in [3.63, 3.8) is 0 Å². The lowest BCUT2D eigenvalue weighted by Crippen LogP contribution is -2.58. The molecule has 0 aromatic heterocycles. The number of carbonyl (C=O) groups excluding carboxylic acids is 1. The van der Waals surface area contributed by atoms with Crippen molar-refractivity contribution in [1.82, 2.24) is 5.32 Å². The minimum absolute atomic E-state index is 0.0276. The first kappa shape index (κ1) is 28.1. The zero-order valence-corrected chi connectivity index (χ0v) is 19.7. The summed E-state index contributed by atoms with van der Waals surface area (Å²) in [5.41, 5.74) is -2.77. The normalized spacial score (nSPS) is 14.6. The molecule has 0 bridgehead atoms. The first-order valence-electron chi connectivity index (χ1n) is 10.9. The van der Waals surface area contributed by atoms with E-state index in [1.807, 2.05) is 0 Å². The van der Waals surface area contributed by atoms with Crippen LogP contribution in [0.2, 0.25) is 0 Å². The van der Waals surface area contributed by atoms with Gasteiger partial charge >= 0.3 is 18.2 Å². The van der Waals surface area contributed by atoms with Crippen LogP contribution in [0.5, 0.6) is 0 Å². The summed E-state index contributed by atoms with van der Waals surface area (Å²) in [5.74, 6) is -1.95. The summed E-state index contributed by atoms with van der Waals surface area (Å²) in [5, 5.41) is 23.1. The lowest BCUT2D eigenvalue weighted by molar-refractivity contribution is -0.146. The number of aliphatic carboxylic acids is 1. The average Bonchev–Trinajstić information content (AvgIpc) is 2.72. The summed E-state index contributed by atoms with van der Waals surface area (Å²) < 4.78 is 56.8. The van der Waals surface area contributed by atoms with Crippen LogP contribution < -0.4 is 5.32 Å². The standard InChI is InChI=1S/C25H29F4NO5/c1-23(2,3)35-22(34)30-24(21(32)33,14-17-6-11-19(26)12-7-17)15-20(31)13-8-16-4-9-18(10-5-16)25(27,28)29/h4-7,9-12,20,31H,8,13-15H2,1-3H3,(H,30,34)(H,32,33)/t20-,24+/m1/s1. The smallest absolute Gasteiger partial charge is 0.416 e. The van der Waals surface area contributed by atoms with E-state index in [-0.39, 0.29) is 19.3 Å². The third kappa shape index (κ3) is 8.86. The molecule has 0 radical (unpaired) electrons. The number of carboxylic acids is 1. The maximum absolute atomic E-state index is 13.3. The number of aliphatic hydroxyl groups is 1. The van der Waals surface area contributed by atoms with E-state index in [1.54, 1.807) is 20.8 Å². The fraction of sp³-hybridized carbons (Fsp3) is 0.440. The second kappa shape index (κ2) is 11.1. The number of carbonyl (C=O) groups is 2. The molecule has 2 aromatic carbocycles. The van der Waals surface area contributed by atoms with Crippen molar-refractivity contribution in [1.29, 1.82) is 0 Å². The third-order valence-corrected chi connectivity index (χ3v) is 5.20. The predicted molar refractivity (Wildman–Crippen MR) is 120 cm³/mol. The lowest BCUT2D eigenvalue weighted by Gasteiger charge is -2.33. The van der Waals surface area contributed by atoms with E-state index < -0.39 is 53.3 Å². The molecule has 35 heavy (non-hydrogen) atoms. The zero-order chi connectivity index (χ0) is 26.4. The minimum Gasteiger partial charge on any atom is -0.479 e. The highest BCUT2D eigenvalue weighted by Gasteiger charge is 2.43. The van der Waals surface area contributed by atoms with Gasteiger partial charge in [-0.25, -0.2) is 14.0 Å². The lowest BCUT2D eigenvalue weighted by atomic mass is 9.84. The summed E-state index contributed by atoms with van der Waals surface area (Å²) >= 11 is 0. The van der Waals surface area contributed by atoms with Gasteiger partial charge in [0.05, 0.1) is 11.7 Å². The molecule has 2 rings (SSSR count). The van der Waals surface area contributed by atoms with Crippen LogP contribution in [0.25, 0.3) is 0 Å². The van der Waals surface area contributed by atoms with E-state index in [0.29, 0.717) is 11.1 Å². The number of benzene rings is 2. The Morgan fingerprint density at radius 1 is 0.971 bits per heavy atom. The van der Waals surface area contributed by atoms with Crippen LogP contribution in [0.15, 0.2) is 48.5 Å². The van der Waals surface area contributed by atoms with Crippen molar-refractivity contribution < 1.29 is 42.1 Å². The molecule has 0 saturated heterocycles. The fourth-order valence-electron chi connectivity index (χ4n) is 3.53. The molecular formula is C25H29F4NO5. The highest BCUT2D eigenvalue weighted by Crippen LogP contribution is 2.29. The molecule has 0 aliphatic heterocycles. The fourth-order valence-corrected chi connectivity index (χ4v) is 3.53. The Labute approximate surface area is 200 Å². The predicted octanol–water partition coefficient (Wildman–Crippen LogP) is 5.12. The summed E-state index contributed by atoms with van der Waals surface area (Å²) in [4.78, 5) is 24.8. The number of halogens is 4. The van der Waals surface area contributed by atoms with Gasteiger partial charge in [0.25, 0.3) is 0 Å². The molecule has 6 nitrogen and oxygen atoms in total. The molecule has 0 fully saturated rings. The van der Waals surface area contributed by atoms with Crippen molar-refractivity contribution >= 4 is 12.1 Å². The van der Waals surface area contributed by atoms with Crippen LogP contribution in [-0.2, 0) is 28.5 Å². The molecule has 0 heterocycles. The zero-order valence-electron chi connectivity index (χ0n) is 19.7. The van der Waals surface area contributed by atoms with Gasteiger partial charge in [-0.1, -0.05) is 24.3 Å². The maximum Gasteiger partial charge on any atom is 0.416 e. The Hall–Kier alpha value is -3.14. The number of alkyl carbamates (subject to hydrolysis) is 1. The van der Waals surface area contributed by atoms with Crippen LogP contribution in [0, 0.1) is 5.82 Å². The number of alkyl halides is 3. The van der Waals surface area contributed by atoms with Gasteiger partial charge in [0, 0.05) is 12.8 Å². The number of hydrogen-bond acceptors (Lipinski definition) is 4. The van der Waals surface area contributed by atoms with Crippen LogP contribution in [0.4, 0.5) is 22.4 Å². The van der Waals surface area contributed by atoms with Crippen LogP contribution in [-0.4, -0.2) is 39.5 Å². The highest BCUT2D eigenvalue weighted by atomic mass is 19.4.